The molecule has 98 valence electrons. The molecular formula is C13H14F3NO. The Balaban J connectivity index is 2.85. The molecule has 1 aromatic heterocycles. The summed E-state index contributed by atoms with van der Waals surface area (Å²) in [5, 5.41) is 10.4. The van der Waals surface area contributed by atoms with Crippen molar-refractivity contribution in [2.24, 2.45) is 7.05 Å². The molecule has 5 heteroatoms. The number of aromatic nitrogens is 1. The highest BCUT2D eigenvalue weighted by molar-refractivity contribution is 5.88. The zero-order chi connectivity index (χ0) is 13.7. The van der Waals surface area contributed by atoms with E-state index in [2.05, 4.69) is 0 Å². The van der Waals surface area contributed by atoms with E-state index in [1.807, 2.05) is 0 Å². The van der Waals surface area contributed by atoms with E-state index in [-0.39, 0.29) is 5.52 Å². The standard InChI is InChI=1S/C13H14F3NO/c1-12(2,18)10-7-17(3)11-8(10)5-4-6-9(11)13(14,15)16/h4-7,18H,1-3H3. The molecule has 1 heterocycles. The van der Waals surface area contributed by atoms with Crippen LogP contribution in [0.4, 0.5) is 13.2 Å². The van der Waals surface area contributed by atoms with Crippen LogP contribution in [0.15, 0.2) is 24.4 Å². The second-order valence-electron chi connectivity index (χ2n) is 4.91. The van der Waals surface area contributed by atoms with Gasteiger partial charge < -0.3 is 9.67 Å². The molecular weight excluding hydrogens is 243 g/mol. The lowest BCUT2D eigenvalue weighted by Gasteiger charge is -2.16. The second-order valence-corrected chi connectivity index (χ2v) is 4.91. The Bertz CT molecular complexity index is 591. The average molecular weight is 257 g/mol. The summed E-state index contributed by atoms with van der Waals surface area (Å²) in [5.41, 5.74) is -1.27. The molecule has 0 aliphatic heterocycles. The van der Waals surface area contributed by atoms with E-state index in [9.17, 15) is 18.3 Å². The van der Waals surface area contributed by atoms with E-state index in [1.54, 1.807) is 33.2 Å². The molecule has 0 spiro atoms. The van der Waals surface area contributed by atoms with Crippen LogP contribution in [-0.2, 0) is 18.8 Å². The van der Waals surface area contributed by atoms with Crippen LogP contribution in [-0.4, -0.2) is 9.67 Å². The zero-order valence-electron chi connectivity index (χ0n) is 10.3. The maximum Gasteiger partial charge on any atom is 0.418 e. The summed E-state index contributed by atoms with van der Waals surface area (Å²) in [6.07, 6.45) is -2.86. The fourth-order valence-corrected chi connectivity index (χ4v) is 2.18. The first-order valence-corrected chi connectivity index (χ1v) is 5.50. The number of para-hydroxylation sites is 1. The molecule has 0 radical (unpaired) electrons. The first-order valence-electron chi connectivity index (χ1n) is 5.50. The van der Waals surface area contributed by atoms with Crippen LogP contribution >= 0.6 is 0 Å². The molecule has 0 fully saturated rings. The van der Waals surface area contributed by atoms with Crippen molar-refractivity contribution in [3.8, 4) is 0 Å². The summed E-state index contributed by atoms with van der Waals surface area (Å²) < 4.78 is 40.2. The molecule has 18 heavy (non-hydrogen) atoms. The zero-order valence-corrected chi connectivity index (χ0v) is 10.3. The predicted octanol–water partition coefficient (Wildman–Crippen LogP) is 3.42. The van der Waals surface area contributed by atoms with Crippen LogP contribution in [0.25, 0.3) is 10.9 Å². The summed E-state index contributed by atoms with van der Waals surface area (Å²) in [4.78, 5) is 0. The SMILES string of the molecule is Cn1cc(C(C)(C)O)c2cccc(C(F)(F)F)c21. The Morgan fingerprint density at radius 1 is 1.11 bits per heavy atom. The van der Waals surface area contributed by atoms with E-state index in [1.165, 1.54) is 10.6 Å². The van der Waals surface area contributed by atoms with Gasteiger partial charge in [0.1, 0.15) is 0 Å². The van der Waals surface area contributed by atoms with Gasteiger partial charge in [0, 0.05) is 24.2 Å². The molecule has 1 N–H and O–H groups in total. The number of aryl methyl sites for hydroxylation is 1. The highest BCUT2D eigenvalue weighted by Gasteiger charge is 2.35. The van der Waals surface area contributed by atoms with Gasteiger partial charge in [-0.2, -0.15) is 13.2 Å². The molecule has 1 aromatic carbocycles. The molecule has 0 unspecified atom stereocenters. The Hall–Kier alpha value is -1.49. The lowest BCUT2D eigenvalue weighted by Crippen LogP contribution is -2.14. The van der Waals surface area contributed by atoms with Gasteiger partial charge in [-0.25, -0.2) is 0 Å². The number of rotatable bonds is 1. The highest BCUT2D eigenvalue weighted by Crippen LogP contribution is 2.38. The lowest BCUT2D eigenvalue weighted by atomic mass is 9.97. The number of benzene rings is 1. The van der Waals surface area contributed by atoms with Gasteiger partial charge in [-0.15, -0.1) is 0 Å². The monoisotopic (exact) mass is 257 g/mol. The van der Waals surface area contributed by atoms with Gasteiger partial charge >= 0.3 is 6.18 Å². The van der Waals surface area contributed by atoms with Crippen molar-refractivity contribution < 1.29 is 18.3 Å². The Labute approximate surface area is 103 Å². The molecule has 0 atom stereocenters. The Morgan fingerprint density at radius 2 is 1.72 bits per heavy atom. The normalized spacial score (nSPS) is 13.3. The molecule has 0 saturated carbocycles. The number of hydrogen-bond acceptors (Lipinski definition) is 1. The number of fused-ring (bicyclic) bond motifs is 1. The Kier molecular flexibility index (Phi) is 2.70. The smallest absolute Gasteiger partial charge is 0.386 e. The van der Waals surface area contributed by atoms with Crippen molar-refractivity contribution in [3.05, 3.63) is 35.5 Å². The van der Waals surface area contributed by atoms with Crippen LogP contribution in [0.5, 0.6) is 0 Å². The maximum absolute atomic E-state index is 12.9. The minimum absolute atomic E-state index is 0.0992. The second kappa shape index (κ2) is 3.75. The fraction of sp³-hybridized carbons (Fsp3) is 0.385. The maximum atomic E-state index is 12.9. The molecule has 0 aliphatic carbocycles. The van der Waals surface area contributed by atoms with Crippen molar-refractivity contribution in [1.82, 2.24) is 4.57 Å². The topological polar surface area (TPSA) is 25.2 Å². The van der Waals surface area contributed by atoms with E-state index < -0.39 is 17.3 Å². The third-order valence-electron chi connectivity index (χ3n) is 2.97. The van der Waals surface area contributed by atoms with Gasteiger partial charge in [-0.3, -0.25) is 0 Å². The first kappa shape index (κ1) is 13.0. The van der Waals surface area contributed by atoms with Crippen molar-refractivity contribution >= 4 is 10.9 Å². The van der Waals surface area contributed by atoms with Gasteiger partial charge in [0.05, 0.1) is 16.7 Å². The minimum Gasteiger partial charge on any atom is -0.386 e. The predicted molar refractivity (Wildman–Crippen MR) is 63.2 cm³/mol. The fourth-order valence-electron chi connectivity index (χ4n) is 2.18. The molecule has 0 aliphatic rings. The molecule has 0 saturated heterocycles. The molecule has 2 rings (SSSR count). The number of hydrogen-bond donors (Lipinski definition) is 1. The summed E-state index contributed by atoms with van der Waals surface area (Å²) in [6, 6.07) is 4.01. The number of alkyl halides is 3. The average Bonchev–Trinajstić information content (AvgIpc) is 2.54. The van der Waals surface area contributed by atoms with E-state index in [4.69, 9.17) is 0 Å². The quantitative estimate of drug-likeness (QED) is 0.832. The molecule has 0 bridgehead atoms. The van der Waals surface area contributed by atoms with Crippen LogP contribution in [0.1, 0.15) is 25.0 Å². The van der Waals surface area contributed by atoms with E-state index in [0.717, 1.165) is 6.07 Å². The van der Waals surface area contributed by atoms with Gasteiger partial charge in [-0.05, 0) is 19.9 Å². The molecule has 0 amide bonds. The van der Waals surface area contributed by atoms with Gasteiger partial charge in [0.2, 0.25) is 0 Å². The lowest BCUT2D eigenvalue weighted by molar-refractivity contribution is -0.136. The Morgan fingerprint density at radius 3 is 2.22 bits per heavy atom. The van der Waals surface area contributed by atoms with E-state index >= 15 is 0 Å². The number of aliphatic hydroxyl groups is 1. The number of halogens is 3. The van der Waals surface area contributed by atoms with Crippen molar-refractivity contribution in [1.29, 1.82) is 0 Å². The first-order chi connectivity index (χ1) is 8.12. The third-order valence-corrected chi connectivity index (χ3v) is 2.97. The van der Waals surface area contributed by atoms with Gasteiger partial charge in [0.15, 0.2) is 0 Å². The minimum atomic E-state index is -4.40. The van der Waals surface area contributed by atoms with E-state index in [0.29, 0.717) is 10.9 Å². The summed E-state index contributed by atoms with van der Waals surface area (Å²) in [7, 11) is 1.55. The van der Waals surface area contributed by atoms with Crippen LogP contribution < -0.4 is 0 Å². The summed E-state index contributed by atoms with van der Waals surface area (Å²) in [6.45, 7) is 3.12. The number of nitrogens with zero attached hydrogens (tertiary/aromatic N) is 1. The molecule has 2 aromatic rings. The summed E-state index contributed by atoms with van der Waals surface area (Å²) >= 11 is 0. The van der Waals surface area contributed by atoms with Crippen molar-refractivity contribution in [2.75, 3.05) is 0 Å². The van der Waals surface area contributed by atoms with Crippen molar-refractivity contribution in [3.63, 3.8) is 0 Å². The van der Waals surface area contributed by atoms with Crippen molar-refractivity contribution in [2.45, 2.75) is 25.6 Å². The van der Waals surface area contributed by atoms with Crippen LogP contribution in [0.3, 0.4) is 0 Å². The summed E-state index contributed by atoms with van der Waals surface area (Å²) in [5.74, 6) is 0. The third kappa shape index (κ3) is 1.99. The molecule has 2 nitrogen and oxygen atoms in total. The van der Waals surface area contributed by atoms with Gasteiger partial charge in [-0.1, -0.05) is 12.1 Å². The highest BCUT2D eigenvalue weighted by atomic mass is 19.4. The van der Waals surface area contributed by atoms with Crippen LogP contribution in [0.2, 0.25) is 0 Å². The van der Waals surface area contributed by atoms with Crippen LogP contribution in [0, 0.1) is 0 Å². The van der Waals surface area contributed by atoms with Gasteiger partial charge in [0.25, 0.3) is 0 Å². The largest absolute Gasteiger partial charge is 0.418 e.